The lowest BCUT2D eigenvalue weighted by molar-refractivity contribution is 1.57. The Morgan fingerprint density at radius 2 is 0.444 bits per heavy atom. The Hall–Kier alpha value is -10.8. The van der Waals surface area contributed by atoms with Gasteiger partial charge in [-0.3, -0.25) is 0 Å². The minimum atomic E-state index is 0.805. The zero-order chi connectivity index (χ0) is 48.9. The van der Waals surface area contributed by atoms with E-state index < -0.39 is 0 Å². The van der Waals surface area contributed by atoms with Gasteiger partial charge in [0.05, 0.1) is 0 Å². The zero-order valence-corrected chi connectivity index (χ0v) is 38.9. The predicted molar refractivity (Wildman–Crippen MR) is 297 cm³/mol. The summed E-state index contributed by atoms with van der Waals surface area (Å²) in [6, 6.07) is 72.8. The average molecular weight is 903 g/mol. The van der Waals surface area contributed by atoms with Gasteiger partial charge in [0.25, 0.3) is 0 Å². The summed E-state index contributed by atoms with van der Waals surface area (Å²) >= 11 is 0. The first-order valence-electron chi connectivity index (χ1n) is 23.2. The number of terminal acetylenes is 2. The first-order valence-corrected chi connectivity index (χ1v) is 23.2. The van der Waals surface area contributed by atoms with Crippen molar-refractivity contribution in [3.8, 4) is 107 Å². The fraction of sp³-hybridized carbons (Fsp3) is 0. The number of hydrogen-bond acceptors (Lipinski definition) is 0. The van der Waals surface area contributed by atoms with E-state index in [0.717, 1.165) is 111 Å². The fourth-order valence-corrected chi connectivity index (χ4v) is 8.22. The molecule has 0 radical (unpaired) electrons. The van der Waals surface area contributed by atoms with Crippen LogP contribution in [0.2, 0.25) is 0 Å². The highest BCUT2D eigenvalue weighted by molar-refractivity contribution is 6.09. The van der Waals surface area contributed by atoms with Crippen LogP contribution in [0.25, 0.3) is 32.7 Å². The molecule has 0 N–H and O–H groups in total. The van der Waals surface area contributed by atoms with Crippen LogP contribution in [0.15, 0.2) is 218 Å². The van der Waals surface area contributed by atoms with Gasteiger partial charge >= 0.3 is 0 Å². The maximum absolute atomic E-state index is 5.58. The molecule has 0 saturated carbocycles. The molecule has 10 rings (SSSR count). The SMILES string of the molecule is C#Cc1cccc(C#Cc2cccc(C#Cc3cccc(C#Cc4ccc5ccccc5c4-c4c(C#Cc5cccc(C#Cc6cccc(C#Cc7cccc(C#C)c7)c6)c5)ccc5ccccc45)c3)c2)c1. The number of hydrogen-bond donors (Lipinski definition) is 0. The summed E-state index contributed by atoms with van der Waals surface area (Å²) in [4.78, 5) is 0. The molecule has 0 amide bonds. The third kappa shape index (κ3) is 11.0. The van der Waals surface area contributed by atoms with E-state index in [1.807, 2.05) is 146 Å². The minimum Gasteiger partial charge on any atom is -0.115 e. The van der Waals surface area contributed by atoms with E-state index in [9.17, 15) is 0 Å². The lowest BCUT2D eigenvalue weighted by Gasteiger charge is -2.15. The lowest BCUT2D eigenvalue weighted by atomic mass is 9.87. The molecule has 0 aliphatic rings. The maximum atomic E-state index is 5.58. The summed E-state index contributed by atoms with van der Waals surface area (Å²) in [5, 5.41) is 4.44. The molecule has 0 bridgehead atoms. The summed E-state index contributed by atoms with van der Waals surface area (Å²) in [5.41, 5.74) is 14.2. The van der Waals surface area contributed by atoms with Gasteiger partial charge in [-0.25, -0.2) is 0 Å². The molecule has 0 unspecified atom stereocenters. The predicted octanol–water partition coefficient (Wildman–Crippen LogP) is 14.0. The Kier molecular flexibility index (Phi) is 13.4. The third-order valence-corrected chi connectivity index (χ3v) is 11.7. The minimum absolute atomic E-state index is 0.805. The van der Waals surface area contributed by atoms with Crippen molar-refractivity contribution in [2.45, 2.75) is 0 Å². The van der Waals surface area contributed by atoms with Crippen molar-refractivity contribution in [2.75, 3.05) is 0 Å². The van der Waals surface area contributed by atoms with Gasteiger partial charge in [-0.1, -0.05) is 180 Å². The second kappa shape index (κ2) is 21.4. The first-order chi connectivity index (χ1) is 35.5. The summed E-state index contributed by atoms with van der Waals surface area (Å²) in [6.45, 7) is 0. The Morgan fingerprint density at radius 3 is 0.722 bits per heavy atom. The third-order valence-electron chi connectivity index (χ3n) is 11.7. The smallest absolute Gasteiger partial charge is 0.0334 e. The zero-order valence-electron chi connectivity index (χ0n) is 38.9. The molecule has 0 heterocycles. The maximum Gasteiger partial charge on any atom is 0.0334 e. The van der Waals surface area contributed by atoms with Gasteiger partial charge in [0.15, 0.2) is 0 Å². The summed E-state index contributed by atoms with van der Waals surface area (Å²) in [6.07, 6.45) is 11.2. The molecule has 0 spiro atoms. The quantitative estimate of drug-likeness (QED) is 0.144. The number of rotatable bonds is 1. The highest BCUT2D eigenvalue weighted by atomic mass is 14.2. The van der Waals surface area contributed by atoms with Crippen LogP contribution in [0, 0.1) is 95.7 Å². The standard InChI is InChI=1S/C72H38/c1-3-53-15-9-17-55(47-53)31-33-57-19-11-21-59(49-57)35-37-61-23-13-25-63(51-61)39-41-67-45-43-65-27-5-7-29-69(65)71(67)72-68(46-44-66-28-6-8-30-70(66)72)42-40-64-26-14-24-62(52-64)38-36-60-22-12-20-58(50-60)34-32-56-18-10-16-54(4-2)48-56/h1-2,5-30,43-52H. The normalized spacial score (nSPS) is 9.81. The number of fused-ring (bicyclic) bond motifs is 2. The Balaban J connectivity index is 0.957. The van der Waals surface area contributed by atoms with E-state index in [0.29, 0.717) is 0 Å². The molecule has 0 heteroatoms. The van der Waals surface area contributed by atoms with Gasteiger partial charge in [0.1, 0.15) is 0 Å². The molecule has 0 aliphatic heterocycles. The largest absolute Gasteiger partial charge is 0.115 e. The van der Waals surface area contributed by atoms with E-state index in [4.69, 9.17) is 12.8 Å². The Morgan fingerprint density at radius 1 is 0.208 bits per heavy atom. The molecule has 326 valence electrons. The molecule has 0 atom stereocenters. The molecule has 0 fully saturated rings. The van der Waals surface area contributed by atoms with Crippen LogP contribution >= 0.6 is 0 Å². The van der Waals surface area contributed by atoms with Crippen molar-refractivity contribution in [2.24, 2.45) is 0 Å². The lowest BCUT2D eigenvalue weighted by Crippen LogP contribution is -1.93. The highest BCUT2D eigenvalue weighted by Gasteiger charge is 2.16. The van der Waals surface area contributed by atoms with Crippen LogP contribution in [-0.2, 0) is 0 Å². The van der Waals surface area contributed by atoms with Crippen molar-refractivity contribution in [3.05, 3.63) is 296 Å². The first kappa shape index (κ1) is 45.0. The van der Waals surface area contributed by atoms with Crippen LogP contribution in [0.5, 0.6) is 0 Å². The van der Waals surface area contributed by atoms with E-state index in [1.54, 1.807) is 0 Å². The van der Waals surface area contributed by atoms with Crippen molar-refractivity contribution >= 4 is 21.5 Å². The molecule has 10 aromatic carbocycles. The van der Waals surface area contributed by atoms with Gasteiger partial charge in [-0.2, -0.15) is 0 Å². The van der Waals surface area contributed by atoms with Gasteiger partial charge in [0.2, 0.25) is 0 Å². The van der Waals surface area contributed by atoms with Gasteiger partial charge in [-0.15, -0.1) is 12.8 Å². The van der Waals surface area contributed by atoms with Crippen LogP contribution in [0.3, 0.4) is 0 Å². The Bertz CT molecular complexity index is 4000. The number of benzene rings is 10. The molecule has 0 aromatic heterocycles. The average Bonchev–Trinajstić information content (AvgIpc) is 3.44. The molecule has 10 aromatic rings. The summed E-state index contributed by atoms with van der Waals surface area (Å²) in [7, 11) is 0. The Labute approximate surface area is 422 Å². The molecule has 72 heavy (non-hydrogen) atoms. The van der Waals surface area contributed by atoms with Gasteiger partial charge in [0, 0.05) is 89.0 Å². The second-order valence-electron chi connectivity index (χ2n) is 16.7. The molecular formula is C72H38. The van der Waals surface area contributed by atoms with Gasteiger partial charge < -0.3 is 0 Å². The summed E-state index contributed by atoms with van der Waals surface area (Å²) < 4.78 is 0. The van der Waals surface area contributed by atoms with Crippen LogP contribution in [0.4, 0.5) is 0 Å². The van der Waals surface area contributed by atoms with E-state index in [1.165, 1.54) is 0 Å². The van der Waals surface area contributed by atoms with Gasteiger partial charge in [-0.05, 0) is 143 Å². The van der Waals surface area contributed by atoms with Crippen molar-refractivity contribution in [1.29, 1.82) is 0 Å². The van der Waals surface area contributed by atoms with Crippen molar-refractivity contribution < 1.29 is 0 Å². The monoisotopic (exact) mass is 902 g/mol. The van der Waals surface area contributed by atoms with E-state index >= 15 is 0 Å². The van der Waals surface area contributed by atoms with Crippen LogP contribution < -0.4 is 0 Å². The highest BCUT2D eigenvalue weighted by Crippen LogP contribution is 2.39. The summed E-state index contributed by atoms with van der Waals surface area (Å²) in [5.74, 6) is 45.7. The molecule has 0 saturated heterocycles. The molecule has 0 nitrogen and oxygen atoms in total. The van der Waals surface area contributed by atoms with Crippen LogP contribution in [0.1, 0.15) is 77.9 Å². The van der Waals surface area contributed by atoms with Crippen molar-refractivity contribution in [3.63, 3.8) is 0 Å². The van der Waals surface area contributed by atoms with Crippen LogP contribution in [-0.4, -0.2) is 0 Å². The fourth-order valence-electron chi connectivity index (χ4n) is 8.22. The topological polar surface area (TPSA) is 0 Å². The van der Waals surface area contributed by atoms with E-state index in [2.05, 4.69) is 156 Å². The molecular weight excluding hydrogens is 865 g/mol. The van der Waals surface area contributed by atoms with Crippen molar-refractivity contribution in [1.82, 2.24) is 0 Å². The van der Waals surface area contributed by atoms with E-state index in [-0.39, 0.29) is 0 Å². The second-order valence-corrected chi connectivity index (χ2v) is 16.7. The molecule has 0 aliphatic carbocycles.